The van der Waals surface area contributed by atoms with E-state index in [0.717, 1.165) is 24.1 Å². The van der Waals surface area contributed by atoms with Crippen LogP contribution < -0.4 is 5.32 Å². The number of anilines is 1. The van der Waals surface area contributed by atoms with Crippen molar-refractivity contribution < 1.29 is 14.3 Å². The van der Waals surface area contributed by atoms with Crippen LogP contribution in [0.25, 0.3) is 0 Å². The first kappa shape index (κ1) is 15.8. The number of carbonyl (C=O) groups excluding carboxylic acids is 2. The van der Waals surface area contributed by atoms with Crippen LogP contribution in [-0.2, 0) is 9.53 Å². The normalized spacial score (nSPS) is 19.1. The zero-order valence-corrected chi connectivity index (χ0v) is 14.2. The molecule has 1 aromatic carbocycles. The van der Waals surface area contributed by atoms with E-state index < -0.39 is 12.0 Å². The average Bonchev–Trinajstić information content (AvgIpc) is 3.04. The molecule has 1 aliphatic heterocycles. The van der Waals surface area contributed by atoms with Crippen LogP contribution in [-0.4, -0.2) is 33.6 Å². The van der Waals surface area contributed by atoms with Gasteiger partial charge in [-0.3, -0.25) is 4.79 Å². The Morgan fingerprint density at radius 1 is 1.36 bits per heavy atom. The van der Waals surface area contributed by atoms with E-state index in [9.17, 15) is 9.59 Å². The number of aromatic nitrogens is 3. The van der Waals surface area contributed by atoms with Crippen LogP contribution in [0, 0.1) is 0 Å². The van der Waals surface area contributed by atoms with Gasteiger partial charge in [0.25, 0.3) is 5.82 Å². The van der Waals surface area contributed by atoms with Crippen molar-refractivity contribution in [1.29, 1.82) is 0 Å². The highest BCUT2D eigenvalue weighted by Crippen LogP contribution is 2.41. The molecule has 0 saturated heterocycles. The minimum absolute atomic E-state index is 0.0550. The van der Waals surface area contributed by atoms with Crippen LogP contribution in [0.1, 0.15) is 41.5 Å². The third-order valence-corrected chi connectivity index (χ3v) is 4.78. The van der Waals surface area contributed by atoms with Crippen molar-refractivity contribution in [3.05, 3.63) is 51.9 Å². The second kappa shape index (κ2) is 6.00. The molecular formula is C17H15ClN4O3. The molecule has 0 amide bonds. The first-order valence-electron chi connectivity index (χ1n) is 7.92. The van der Waals surface area contributed by atoms with Crippen LogP contribution >= 0.6 is 11.6 Å². The number of nitrogens with zero attached hydrogens (tertiary/aromatic N) is 3. The van der Waals surface area contributed by atoms with Gasteiger partial charge < -0.3 is 10.1 Å². The first-order valence-corrected chi connectivity index (χ1v) is 8.30. The number of halogens is 1. The molecule has 4 rings (SSSR count). The fourth-order valence-corrected chi connectivity index (χ4v) is 3.56. The van der Waals surface area contributed by atoms with E-state index in [1.165, 1.54) is 11.8 Å². The third-order valence-electron chi connectivity index (χ3n) is 4.44. The second-order valence-electron chi connectivity index (χ2n) is 5.91. The number of methoxy groups -OCH3 is 1. The van der Waals surface area contributed by atoms with Gasteiger partial charge in [-0.2, -0.15) is 4.98 Å². The van der Waals surface area contributed by atoms with Gasteiger partial charge in [0, 0.05) is 28.3 Å². The first-order chi connectivity index (χ1) is 12.1. The molecule has 0 saturated carbocycles. The number of benzene rings is 1. The van der Waals surface area contributed by atoms with Crippen molar-refractivity contribution in [1.82, 2.24) is 14.8 Å². The van der Waals surface area contributed by atoms with Gasteiger partial charge in [-0.1, -0.05) is 29.8 Å². The largest absolute Gasteiger partial charge is 0.463 e. The third kappa shape index (κ3) is 2.51. The number of ether oxygens (including phenoxy) is 1. The van der Waals surface area contributed by atoms with Crippen molar-refractivity contribution in [3.8, 4) is 0 Å². The van der Waals surface area contributed by atoms with Gasteiger partial charge in [-0.05, 0) is 18.9 Å². The Balaban J connectivity index is 1.93. The molecule has 1 aliphatic carbocycles. The molecule has 0 spiro atoms. The molecule has 0 bridgehead atoms. The van der Waals surface area contributed by atoms with Gasteiger partial charge in [-0.25, -0.2) is 9.48 Å². The molecule has 2 heterocycles. The lowest BCUT2D eigenvalue weighted by Crippen LogP contribution is -2.31. The molecule has 25 heavy (non-hydrogen) atoms. The van der Waals surface area contributed by atoms with Crippen LogP contribution in [0.2, 0.25) is 5.02 Å². The van der Waals surface area contributed by atoms with E-state index in [4.69, 9.17) is 16.3 Å². The molecule has 1 atom stereocenters. The zero-order valence-electron chi connectivity index (χ0n) is 13.5. The van der Waals surface area contributed by atoms with E-state index in [1.807, 2.05) is 18.2 Å². The van der Waals surface area contributed by atoms with Crippen molar-refractivity contribution in [2.75, 3.05) is 12.4 Å². The number of hydrogen-bond acceptors (Lipinski definition) is 6. The quantitative estimate of drug-likeness (QED) is 0.831. The van der Waals surface area contributed by atoms with E-state index in [0.29, 0.717) is 23.0 Å². The molecule has 1 N–H and O–H groups in total. The van der Waals surface area contributed by atoms with Crippen molar-refractivity contribution in [2.45, 2.75) is 25.3 Å². The van der Waals surface area contributed by atoms with Gasteiger partial charge in [0.2, 0.25) is 5.95 Å². The van der Waals surface area contributed by atoms with Crippen LogP contribution in [0.3, 0.4) is 0 Å². The van der Waals surface area contributed by atoms with Crippen molar-refractivity contribution >= 4 is 29.3 Å². The topological polar surface area (TPSA) is 86.1 Å². The minimum Gasteiger partial charge on any atom is -0.463 e. The fourth-order valence-electron chi connectivity index (χ4n) is 3.32. The summed E-state index contributed by atoms with van der Waals surface area (Å²) in [6, 6.07) is 6.79. The second-order valence-corrected chi connectivity index (χ2v) is 6.32. The minimum atomic E-state index is -0.633. The molecule has 128 valence electrons. The van der Waals surface area contributed by atoms with Crippen molar-refractivity contribution in [3.63, 3.8) is 0 Å². The summed E-state index contributed by atoms with van der Waals surface area (Å²) in [6.07, 6.45) is 2.00. The Morgan fingerprint density at radius 3 is 2.92 bits per heavy atom. The van der Waals surface area contributed by atoms with E-state index in [1.54, 1.807) is 6.07 Å². The molecular weight excluding hydrogens is 344 g/mol. The molecule has 8 heteroatoms. The number of rotatable bonds is 2. The Morgan fingerprint density at radius 2 is 2.16 bits per heavy atom. The number of fused-ring (bicyclic) bond motifs is 1. The summed E-state index contributed by atoms with van der Waals surface area (Å²) in [5.41, 5.74) is 2.20. The number of Topliss-reactive ketones (excluding diaryl/α,β-unsaturated/α-hetero) is 1. The number of carbonyl (C=O) groups is 2. The molecule has 0 fully saturated rings. The number of allylic oxidation sites excluding steroid dienone is 2. The summed E-state index contributed by atoms with van der Waals surface area (Å²) < 4.78 is 6.24. The molecule has 0 radical (unpaired) electrons. The Hall–Kier alpha value is -2.67. The summed E-state index contributed by atoms with van der Waals surface area (Å²) >= 11 is 6.39. The van der Waals surface area contributed by atoms with Gasteiger partial charge in [-0.15, -0.1) is 5.10 Å². The Bertz CT molecular complexity index is 918. The number of esters is 1. The Kier molecular flexibility index (Phi) is 3.80. The zero-order chi connectivity index (χ0) is 17.6. The highest BCUT2D eigenvalue weighted by Gasteiger charge is 2.38. The number of nitrogens with one attached hydrogen (secondary N) is 1. The number of hydrogen-bond donors (Lipinski definition) is 1. The lowest BCUT2D eigenvalue weighted by atomic mass is 9.85. The van der Waals surface area contributed by atoms with Crippen LogP contribution in [0.15, 0.2) is 35.5 Å². The van der Waals surface area contributed by atoms with Gasteiger partial charge in [0.15, 0.2) is 5.78 Å². The van der Waals surface area contributed by atoms with E-state index >= 15 is 0 Å². The molecule has 1 aromatic heterocycles. The average molecular weight is 359 g/mol. The standard InChI is InChI=1S/C17H15ClN4O3/c1-25-16(24)15-20-17-19-11-7-4-8-12(23)13(11)14(22(17)21-15)9-5-2-3-6-10(9)18/h2-3,5-6,14H,4,7-8H2,1H3,(H,19,20,21). The lowest BCUT2D eigenvalue weighted by Gasteiger charge is -2.32. The highest BCUT2D eigenvalue weighted by molar-refractivity contribution is 6.31. The van der Waals surface area contributed by atoms with Gasteiger partial charge >= 0.3 is 5.97 Å². The molecule has 2 aromatic rings. The maximum Gasteiger partial charge on any atom is 0.378 e. The summed E-state index contributed by atoms with van der Waals surface area (Å²) in [6.45, 7) is 0. The molecule has 2 aliphatic rings. The highest BCUT2D eigenvalue weighted by atomic mass is 35.5. The summed E-state index contributed by atoms with van der Waals surface area (Å²) in [4.78, 5) is 28.7. The molecule has 1 unspecified atom stereocenters. The fraction of sp³-hybridized carbons (Fsp3) is 0.294. The monoisotopic (exact) mass is 358 g/mol. The Labute approximate surface area is 148 Å². The predicted molar refractivity (Wildman–Crippen MR) is 90.5 cm³/mol. The summed E-state index contributed by atoms with van der Waals surface area (Å²) in [5.74, 6) is -0.238. The smallest absolute Gasteiger partial charge is 0.378 e. The predicted octanol–water partition coefficient (Wildman–Crippen LogP) is 2.74. The van der Waals surface area contributed by atoms with Crippen LogP contribution in [0.4, 0.5) is 5.95 Å². The van der Waals surface area contributed by atoms with Gasteiger partial charge in [0.05, 0.1) is 7.11 Å². The maximum absolute atomic E-state index is 12.6. The molecule has 7 nitrogen and oxygen atoms in total. The summed E-state index contributed by atoms with van der Waals surface area (Å²) in [7, 11) is 1.27. The lowest BCUT2D eigenvalue weighted by molar-refractivity contribution is -0.116. The van der Waals surface area contributed by atoms with Gasteiger partial charge in [0.1, 0.15) is 6.04 Å². The SMILES string of the molecule is COC(=O)c1nc2n(n1)C(c1ccccc1Cl)C1=C(CCCC1=O)N2. The van der Waals surface area contributed by atoms with Crippen LogP contribution in [0.5, 0.6) is 0 Å². The van der Waals surface area contributed by atoms with E-state index in [-0.39, 0.29) is 11.6 Å². The summed E-state index contributed by atoms with van der Waals surface area (Å²) in [5, 5.41) is 7.94. The van der Waals surface area contributed by atoms with Crippen molar-refractivity contribution in [2.24, 2.45) is 0 Å². The van der Waals surface area contributed by atoms with E-state index in [2.05, 4.69) is 15.4 Å². The maximum atomic E-state index is 12.6. The number of ketones is 1.